The minimum atomic E-state index is -3.59. The fourth-order valence-corrected chi connectivity index (χ4v) is 3.68. The van der Waals surface area contributed by atoms with Gasteiger partial charge in [0.2, 0.25) is 10.0 Å². The smallest absolute Gasteiger partial charge is 0.246 e. The van der Waals surface area contributed by atoms with Crippen molar-refractivity contribution in [3.05, 3.63) is 48.0 Å². The Balaban J connectivity index is 1.90. The van der Waals surface area contributed by atoms with Crippen LogP contribution in [0.4, 0.5) is 4.39 Å². The molecule has 1 heterocycles. The van der Waals surface area contributed by atoms with E-state index in [1.807, 2.05) is 0 Å². The molecule has 1 fully saturated rings. The number of nitrogens with one attached hydrogen (secondary N) is 1. The predicted molar refractivity (Wildman–Crippen MR) is 70.7 cm³/mol. The van der Waals surface area contributed by atoms with Crippen molar-refractivity contribution in [2.75, 3.05) is 0 Å². The van der Waals surface area contributed by atoms with Crippen LogP contribution in [0.2, 0.25) is 0 Å². The average molecular weight is 295 g/mol. The molecule has 20 heavy (non-hydrogen) atoms. The van der Waals surface area contributed by atoms with E-state index in [0.717, 1.165) is 12.8 Å². The standard InChI is InChI=1S/C13H14FN3O2S/c14-11-3-1-2-10(6-11)9-17(12-4-5-12)20(18,19)13-7-15-16-8-13/h1-3,6-8,12H,4-5,9H2,(H,15,16). The molecule has 0 saturated heterocycles. The highest BCUT2D eigenvalue weighted by molar-refractivity contribution is 7.89. The van der Waals surface area contributed by atoms with Crippen molar-refractivity contribution in [1.82, 2.24) is 14.5 Å². The first-order valence-electron chi connectivity index (χ1n) is 6.32. The number of hydrogen-bond donors (Lipinski definition) is 1. The Morgan fingerprint density at radius 3 is 2.80 bits per heavy atom. The summed E-state index contributed by atoms with van der Waals surface area (Å²) in [4.78, 5) is 0.140. The van der Waals surface area contributed by atoms with Crippen LogP contribution in [-0.2, 0) is 16.6 Å². The Hall–Kier alpha value is -1.73. The third kappa shape index (κ3) is 2.59. The largest absolute Gasteiger partial charge is 0.284 e. The van der Waals surface area contributed by atoms with Crippen LogP contribution in [-0.4, -0.2) is 29.0 Å². The number of halogens is 1. The molecular formula is C13H14FN3O2S. The molecule has 0 aliphatic heterocycles. The fourth-order valence-electron chi connectivity index (χ4n) is 2.10. The third-order valence-electron chi connectivity index (χ3n) is 3.26. The zero-order valence-electron chi connectivity index (χ0n) is 10.7. The van der Waals surface area contributed by atoms with Crippen LogP contribution in [0.5, 0.6) is 0 Å². The molecule has 7 heteroatoms. The minimum absolute atomic E-state index is 0.00170. The first kappa shape index (κ1) is 13.3. The normalized spacial score (nSPS) is 15.7. The van der Waals surface area contributed by atoms with E-state index in [0.29, 0.717) is 5.56 Å². The quantitative estimate of drug-likeness (QED) is 0.916. The van der Waals surface area contributed by atoms with Crippen molar-refractivity contribution < 1.29 is 12.8 Å². The minimum Gasteiger partial charge on any atom is -0.284 e. The second kappa shape index (κ2) is 4.99. The van der Waals surface area contributed by atoms with E-state index in [2.05, 4.69) is 10.2 Å². The zero-order valence-corrected chi connectivity index (χ0v) is 11.5. The first-order valence-corrected chi connectivity index (χ1v) is 7.76. The van der Waals surface area contributed by atoms with Gasteiger partial charge in [-0.1, -0.05) is 12.1 Å². The van der Waals surface area contributed by atoms with Gasteiger partial charge in [-0.3, -0.25) is 5.10 Å². The summed E-state index contributed by atoms with van der Waals surface area (Å²) in [5, 5.41) is 6.19. The number of H-pyrrole nitrogens is 1. The molecule has 1 aromatic heterocycles. The maximum Gasteiger partial charge on any atom is 0.246 e. The molecule has 106 valence electrons. The monoisotopic (exact) mass is 295 g/mol. The number of hydrogen-bond acceptors (Lipinski definition) is 3. The molecule has 0 radical (unpaired) electrons. The van der Waals surface area contributed by atoms with Crippen LogP contribution in [0, 0.1) is 5.82 Å². The lowest BCUT2D eigenvalue weighted by Crippen LogP contribution is -2.32. The van der Waals surface area contributed by atoms with Gasteiger partial charge in [0.25, 0.3) is 0 Å². The van der Waals surface area contributed by atoms with Gasteiger partial charge in [0.15, 0.2) is 0 Å². The van der Waals surface area contributed by atoms with Crippen molar-refractivity contribution in [3.63, 3.8) is 0 Å². The molecule has 3 rings (SSSR count). The lowest BCUT2D eigenvalue weighted by atomic mass is 10.2. The van der Waals surface area contributed by atoms with Crippen LogP contribution in [0.1, 0.15) is 18.4 Å². The lowest BCUT2D eigenvalue weighted by molar-refractivity contribution is 0.398. The number of rotatable bonds is 5. The fraction of sp³-hybridized carbons (Fsp3) is 0.308. The Bertz CT molecular complexity index is 696. The SMILES string of the molecule is O=S(=O)(c1cn[nH]c1)N(Cc1cccc(F)c1)C1CC1. The maximum absolute atomic E-state index is 13.2. The number of aromatic nitrogens is 2. The van der Waals surface area contributed by atoms with Crippen molar-refractivity contribution >= 4 is 10.0 Å². The molecule has 0 unspecified atom stereocenters. The number of benzene rings is 1. The van der Waals surface area contributed by atoms with Crippen molar-refractivity contribution in [2.45, 2.75) is 30.3 Å². The van der Waals surface area contributed by atoms with Crippen molar-refractivity contribution in [1.29, 1.82) is 0 Å². The van der Waals surface area contributed by atoms with E-state index in [-0.39, 0.29) is 23.3 Å². The predicted octanol–water partition coefficient (Wildman–Crippen LogP) is 1.90. The second-order valence-corrected chi connectivity index (χ2v) is 6.74. The summed E-state index contributed by atoms with van der Waals surface area (Å²) in [5.74, 6) is -0.362. The van der Waals surface area contributed by atoms with Crippen LogP contribution >= 0.6 is 0 Å². The first-order chi connectivity index (χ1) is 9.57. The van der Waals surface area contributed by atoms with Gasteiger partial charge in [-0.05, 0) is 30.5 Å². The highest BCUT2D eigenvalue weighted by Crippen LogP contribution is 2.33. The molecule has 1 saturated carbocycles. The average Bonchev–Trinajstić information content (AvgIpc) is 3.08. The summed E-state index contributed by atoms with van der Waals surface area (Å²) in [6.07, 6.45) is 4.32. The van der Waals surface area contributed by atoms with Crippen LogP contribution < -0.4 is 0 Å². The third-order valence-corrected chi connectivity index (χ3v) is 5.12. The summed E-state index contributed by atoms with van der Waals surface area (Å²) in [5.41, 5.74) is 0.643. The van der Waals surface area contributed by atoms with Gasteiger partial charge in [0.1, 0.15) is 10.7 Å². The van der Waals surface area contributed by atoms with Crippen LogP contribution in [0.3, 0.4) is 0 Å². The van der Waals surface area contributed by atoms with Gasteiger partial charge < -0.3 is 0 Å². The topological polar surface area (TPSA) is 66.1 Å². The molecule has 0 amide bonds. The molecule has 0 bridgehead atoms. The van der Waals surface area contributed by atoms with Gasteiger partial charge in [-0.15, -0.1) is 0 Å². The summed E-state index contributed by atoms with van der Waals surface area (Å²) in [7, 11) is -3.59. The Kier molecular flexibility index (Phi) is 3.31. The molecule has 2 aromatic rings. The van der Waals surface area contributed by atoms with Gasteiger partial charge in [-0.2, -0.15) is 9.40 Å². The van der Waals surface area contributed by atoms with E-state index in [9.17, 15) is 12.8 Å². The summed E-state index contributed by atoms with van der Waals surface area (Å²) < 4.78 is 39.7. The van der Waals surface area contributed by atoms with E-state index in [4.69, 9.17) is 0 Å². The summed E-state index contributed by atoms with van der Waals surface area (Å²) >= 11 is 0. The van der Waals surface area contributed by atoms with Crippen molar-refractivity contribution in [2.24, 2.45) is 0 Å². The van der Waals surface area contributed by atoms with Gasteiger partial charge in [0, 0.05) is 18.8 Å². The molecule has 1 aliphatic rings. The Morgan fingerprint density at radius 1 is 1.40 bits per heavy atom. The zero-order chi connectivity index (χ0) is 14.2. The van der Waals surface area contributed by atoms with E-state index in [1.165, 1.54) is 28.8 Å². The molecule has 5 nitrogen and oxygen atoms in total. The van der Waals surface area contributed by atoms with E-state index < -0.39 is 10.0 Å². The summed E-state index contributed by atoms with van der Waals surface area (Å²) in [6, 6.07) is 6.01. The molecule has 1 aliphatic carbocycles. The highest BCUT2D eigenvalue weighted by atomic mass is 32.2. The molecule has 1 N–H and O–H groups in total. The molecular weight excluding hydrogens is 281 g/mol. The molecule has 0 spiro atoms. The van der Waals surface area contributed by atoms with Crippen LogP contribution in [0.15, 0.2) is 41.6 Å². The number of aromatic amines is 1. The highest BCUT2D eigenvalue weighted by Gasteiger charge is 2.38. The van der Waals surface area contributed by atoms with Gasteiger partial charge >= 0.3 is 0 Å². The van der Waals surface area contributed by atoms with Crippen LogP contribution in [0.25, 0.3) is 0 Å². The van der Waals surface area contributed by atoms with Crippen molar-refractivity contribution in [3.8, 4) is 0 Å². The Labute approximate surface area is 116 Å². The van der Waals surface area contributed by atoms with E-state index >= 15 is 0 Å². The maximum atomic E-state index is 13.2. The number of sulfonamides is 1. The number of nitrogens with zero attached hydrogens (tertiary/aromatic N) is 2. The lowest BCUT2D eigenvalue weighted by Gasteiger charge is -2.21. The Morgan fingerprint density at radius 2 is 2.20 bits per heavy atom. The van der Waals surface area contributed by atoms with E-state index in [1.54, 1.807) is 12.1 Å². The van der Waals surface area contributed by atoms with Gasteiger partial charge in [0.05, 0.1) is 6.20 Å². The second-order valence-electron chi connectivity index (χ2n) is 4.85. The summed E-state index contributed by atoms with van der Waals surface area (Å²) in [6.45, 7) is 0.177. The van der Waals surface area contributed by atoms with Gasteiger partial charge in [-0.25, -0.2) is 12.8 Å². The molecule has 0 atom stereocenters. The molecule has 1 aromatic carbocycles.